The Balaban J connectivity index is 2.32. The second-order valence-electron chi connectivity index (χ2n) is 3.58. The number of benzene rings is 1. The quantitative estimate of drug-likeness (QED) is 0.824. The second-order valence-corrected chi connectivity index (χ2v) is 3.58. The van der Waals surface area contributed by atoms with E-state index in [9.17, 15) is 0 Å². The van der Waals surface area contributed by atoms with Gasteiger partial charge in [-0.25, -0.2) is 4.98 Å². The maximum Gasteiger partial charge on any atom is 0.0954 e. The van der Waals surface area contributed by atoms with Crippen molar-refractivity contribution >= 4 is 0 Å². The third-order valence-electron chi connectivity index (χ3n) is 2.65. The molecule has 3 heteroatoms. The number of imidazole rings is 1. The predicted octanol–water partition coefficient (Wildman–Crippen LogP) is 1.95. The highest BCUT2D eigenvalue weighted by molar-refractivity contribution is 5.20. The van der Waals surface area contributed by atoms with Crippen molar-refractivity contribution in [2.45, 2.75) is 19.5 Å². The molecule has 1 aromatic heterocycles. The first-order chi connectivity index (χ1) is 7.33. The largest absolute Gasteiger partial charge is 0.326 e. The van der Waals surface area contributed by atoms with E-state index in [1.54, 1.807) is 0 Å². The summed E-state index contributed by atoms with van der Waals surface area (Å²) in [6.45, 7) is 2.67. The highest BCUT2D eigenvalue weighted by Gasteiger charge is 2.09. The van der Waals surface area contributed by atoms with E-state index in [0.29, 0.717) is 6.54 Å². The molecule has 0 spiro atoms. The third kappa shape index (κ3) is 1.92. The molecule has 1 aromatic carbocycles. The fourth-order valence-corrected chi connectivity index (χ4v) is 1.73. The van der Waals surface area contributed by atoms with Crippen LogP contribution in [0.5, 0.6) is 0 Å². The number of hydrogen-bond donors (Lipinski definition) is 1. The van der Waals surface area contributed by atoms with E-state index in [2.05, 4.69) is 28.6 Å². The first-order valence-corrected chi connectivity index (χ1v) is 5.08. The van der Waals surface area contributed by atoms with Crippen LogP contribution in [0, 0.1) is 0 Å². The van der Waals surface area contributed by atoms with Gasteiger partial charge in [-0.05, 0) is 12.5 Å². The summed E-state index contributed by atoms with van der Waals surface area (Å²) >= 11 is 0. The zero-order valence-electron chi connectivity index (χ0n) is 8.80. The average molecular weight is 201 g/mol. The topological polar surface area (TPSA) is 43.8 Å². The van der Waals surface area contributed by atoms with Gasteiger partial charge in [0.1, 0.15) is 0 Å². The summed E-state index contributed by atoms with van der Waals surface area (Å²) in [5.41, 5.74) is 7.98. The van der Waals surface area contributed by atoms with Crippen molar-refractivity contribution in [2.24, 2.45) is 5.73 Å². The Morgan fingerprint density at radius 1 is 1.33 bits per heavy atom. The molecule has 78 valence electrons. The minimum Gasteiger partial charge on any atom is -0.326 e. The Bertz CT molecular complexity index is 419. The smallest absolute Gasteiger partial charge is 0.0954 e. The molecule has 0 aliphatic rings. The van der Waals surface area contributed by atoms with Crippen molar-refractivity contribution in [3.8, 4) is 0 Å². The summed E-state index contributed by atoms with van der Waals surface area (Å²) in [5.74, 6) is 0. The number of nitrogens with two attached hydrogens (primary N) is 1. The van der Waals surface area contributed by atoms with Gasteiger partial charge in [0.25, 0.3) is 0 Å². The van der Waals surface area contributed by atoms with Gasteiger partial charge in [-0.15, -0.1) is 0 Å². The monoisotopic (exact) mass is 201 g/mol. The van der Waals surface area contributed by atoms with Gasteiger partial charge in [0.2, 0.25) is 0 Å². The summed E-state index contributed by atoms with van der Waals surface area (Å²) < 4.78 is 2.11. The van der Waals surface area contributed by atoms with Crippen LogP contribution in [-0.4, -0.2) is 9.55 Å². The highest BCUT2D eigenvalue weighted by atomic mass is 15.1. The standard InChI is InChI=1S/C12H15N3/c1-10(11-5-3-2-4-6-11)15-9-14-8-12(15)7-13/h2-6,8-10H,7,13H2,1H3/t10-/m1/s1. The fourth-order valence-electron chi connectivity index (χ4n) is 1.73. The lowest BCUT2D eigenvalue weighted by Gasteiger charge is -2.16. The SMILES string of the molecule is C[C@H](c1ccccc1)n1cncc1CN. The van der Waals surface area contributed by atoms with Crippen LogP contribution in [0.4, 0.5) is 0 Å². The molecule has 2 N–H and O–H groups in total. The molecule has 0 amide bonds. The molecule has 2 rings (SSSR count). The zero-order valence-corrected chi connectivity index (χ0v) is 8.80. The van der Waals surface area contributed by atoms with Crippen molar-refractivity contribution in [3.63, 3.8) is 0 Å². The van der Waals surface area contributed by atoms with Crippen LogP contribution in [-0.2, 0) is 6.54 Å². The molecule has 1 atom stereocenters. The van der Waals surface area contributed by atoms with Crippen LogP contribution in [0.3, 0.4) is 0 Å². The third-order valence-corrected chi connectivity index (χ3v) is 2.65. The maximum atomic E-state index is 5.65. The van der Waals surface area contributed by atoms with Crippen LogP contribution in [0.25, 0.3) is 0 Å². The van der Waals surface area contributed by atoms with Crippen molar-refractivity contribution in [2.75, 3.05) is 0 Å². The zero-order chi connectivity index (χ0) is 10.7. The molecule has 0 aliphatic heterocycles. The number of rotatable bonds is 3. The van der Waals surface area contributed by atoms with Crippen LogP contribution >= 0.6 is 0 Å². The molecule has 0 aliphatic carbocycles. The van der Waals surface area contributed by atoms with Gasteiger partial charge in [0, 0.05) is 12.7 Å². The number of nitrogens with zero attached hydrogens (tertiary/aromatic N) is 2. The van der Waals surface area contributed by atoms with E-state index >= 15 is 0 Å². The van der Waals surface area contributed by atoms with Crippen LogP contribution < -0.4 is 5.73 Å². The lowest BCUT2D eigenvalue weighted by atomic mass is 10.1. The van der Waals surface area contributed by atoms with Crippen molar-refractivity contribution in [3.05, 3.63) is 54.1 Å². The second kappa shape index (κ2) is 4.28. The van der Waals surface area contributed by atoms with E-state index in [1.165, 1.54) is 5.56 Å². The van der Waals surface area contributed by atoms with E-state index < -0.39 is 0 Å². The van der Waals surface area contributed by atoms with E-state index in [4.69, 9.17) is 5.73 Å². The maximum absolute atomic E-state index is 5.65. The Morgan fingerprint density at radius 2 is 2.07 bits per heavy atom. The lowest BCUT2D eigenvalue weighted by molar-refractivity contribution is 0.609. The van der Waals surface area contributed by atoms with Gasteiger partial charge < -0.3 is 10.3 Å². The molecule has 0 fully saturated rings. The van der Waals surface area contributed by atoms with Crippen molar-refractivity contribution < 1.29 is 0 Å². The summed E-state index contributed by atoms with van der Waals surface area (Å²) in [6, 6.07) is 10.6. The molecule has 0 radical (unpaired) electrons. The highest BCUT2D eigenvalue weighted by Crippen LogP contribution is 2.18. The summed E-state index contributed by atoms with van der Waals surface area (Å²) in [7, 11) is 0. The molecular formula is C12H15N3. The summed E-state index contributed by atoms with van der Waals surface area (Å²) in [5, 5.41) is 0. The molecule has 3 nitrogen and oxygen atoms in total. The van der Waals surface area contributed by atoms with Gasteiger partial charge in [-0.2, -0.15) is 0 Å². The predicted molar refractivity (Wildman–Crippen MR) is 60.4 cm³/mol. The normalized spacial score (nSPS) is 12.7. The van der Waals surface area contributed by atoms with Gasteiger partial charge in [-0.1, -0.05) is 30.3 Å². The molecule has 0 saturated carbocycles. The number of hydrogen-bond acceptors (Lipinski definition) is 2. The van der Waals surface area contributed by atoms with Gasteiger partial charge in [-0.3, -0.25) is 0 Å². The molecule has 1 heterocycles. The van der Waals surface area contributed by atoms with E-state index in [0.717, 1.165) is 5.69 Å². The molecule has 15 heavy (non-hydrogen) atoms. The van der Waals surface area contributed by atoms with Crippen LogP contribution in [0.15, 0.2) is 42.9 Å². The number of aromatic nitrogens is 2. The Hall–Kier alpha value is -1.61. The Morgan fingerprint density at radius 3 is 2.73 bits per heavy atom. The van der Waals surface area contributed by atoms with E-state index in [1.807, 2.05) is 30.7 Å². The molecular weight excluding hydrogens is 186 g/mol. The molecule has 0 saturated heterocycles. The van der Waals surface area contributed by atoms with Crippen molar-refractivity contribution in [1.29, 1.82) is 0 Å². The lowest BCUT2D eigenvalue weighted by Crippen LogP contribution is -2.11. The minimum atomic E-state index is 0.284. The first kappa shape index (κ1) is 9.93. The first-order valence-electron chi connectivity index (χ1n) is 5.08. The fraction of sp³-hybridized carbons (Fsp3) is 0.250. The van der Waals surface area contributed by atoms with Crippen molar-refractivity contribution in [1.82, 2.24) is 9.55 Å². The molecule has 2 aromatic rings. The van der Waals surface area contributed by atoms with E-state index in [-0.39, 0.29) is 6.04 Å². The Labute approximate surface area is 89.6 Å². The summed E-state index contributed by atoms with van der Waals surface area (Å²) in [6.07, 6.45) is 3.65. The van der Waals surface area contributed by atoms with Gasteiger partial charge >= 0.3 is 0 Å². The molecule has 0 bridgehead atoms. The average Bonchev–Trinajstić information content (AvgIpc) is 2.77. The summed E-state index contributed by atoms with van der Waals surface area (Å²) in [4.78, 5) is 4.12. The van der Waals surface area contributed by atoms with Gasteiger partial charge in [0.15, 0.2) is 0 Å². The van der Waals surface area contributed by atoms with Gasteiger partial charge in [0.05, 0.1) is 18.1 Å². The van der Waals surface area contributed by atoms with Crippen LogP contribution in [0.2, 0.25) is 0 Å². The minimum absolute atomic E-state index is 0.284. The Kier molecular flexibility index (Phi) is 2.83. The molecule has 0 unspecified atom stereocenters. The van der Waals surface area contributed by atoms with Crippen LogP contribution in [0.1, 0.15) is 24.2 Å².